The van der Waals surface area contributed by atoms with Gasteiger partial charge in [0.2, 0.25) is 0 Å². The largest absolute Gasteiger partial charge is 0.466 e. The third-order valence-electron chi connectivity index (χ3n) is 20.3. The molecule has 0 saturated carbocycles. The number of furan rings is 1. The van der Waals surface area contributed by atoms with Crippen molar-refractivity contribution in [2.24, 2.45) is 7.05 Å². The summed E-state index contributed by atoms with van der Waals surface area (Å²) in [6, 6.07) is 57.0. The zero-order valence-corrected chi connectivity index (χ0v) is 76.8. The van der Waals surface area contributed by atoms with Gasteiger partial charge in [0.05, 0.1) is 34.2 Å². The first-order chi connectivity index (χ1) is 53.1. The molecule has 0 saturated heterocycles. The first-order valence-corrected chi connectivity index (χ1v) is 43.2. The van der Waals surface area contributed by atoms with Gasteiger partial charge in [0.15, 0.2) is 0 Å². The number of rotatable bonds is 18. The van der Waals surface area contributed by atoms with Crippen molar-refractivity contribution in [3.05, 3.63) is 271 Å². The van der Waals surface area contributed by atoms with E-state index in [0.29, 0.717) is 94.7 Å². The molecule has 4 aromatic carbocycles. The third-order valence-corrected chi connectivity index (χ3v) is 22.0. The van der Waals surface area contributed by atoms with Gasteiger partial charge in [-0.25, -0.2) is 0 Å². The molecule has 8 aromatic heterocycles. The van der Waals surface area contributed by atoms with Crippen molar-refractivity contribution in [1.82, 2.24) is 39.9 Å². The second-order valence-corrected chi connectivity index (χ2v) is 36.6. The molecule has 0 amide bonds. The van der Waals surface area contributed by atoms with Crippen LogP contribution in [-0.2, 0) is 7.05 Å². The minimum Gasteiger partial charge on any atom is -0.466 e. The molecule has 113 heavy (non-hydrogen) atoms. The number of aromatic amines is 1. The molecule has 8 heterocycles. The van der Waals surface area contributed by atoms with Crippen LogP contribution in [-0.4, -0.2) is 39.9 Å². The smallest absolute Gasteiger partial charge is 0.106 e. The van der Waals surface area contributed by atoms with Crippen LogP contribution in [0.3, 0.4) is 0 Å². The molecule has 12 rings (SSSR count). The van der Waals surface area contributed by atoms with Crippen LogP contribution in [0.4, 0.5) is 0 Å². The Hall–Kier alpha value is -8.60. The average Bonchev–Trinajstić information content (AvgIpc) is 1.78. The fraction of sp³-hybridized carbons (Fsp3) is 0.476. The van der Waals surface area contributed by atoms with E-state index in [4.69, 9.17) is 4.42 Å². The van der Waals surface area contributed by atoms with Crippen LogP contribution in [0.5, 0.6) is 0 Å². The van der Waals surface area contributed by atoms with E-state index in [2.05, 4.69) is 402 Å². The standard InChI is InChI=1S/2C16H20N2.2C16H20.C10H18N2.C10H16O.C10H16S.C9H16N2/c1-11(2)13-5-7-17-15(9-13)16-10-14(12(3)4)6-8-18-16;1-11(2)13-5-7-15(17-9-13)16-8-6-14(10-18-16)12(3)4;1-11(2)13-5-7-16-10-14(12(3)4)6-8-15(16)9-13;1-11(2)14-7-5-13-6-8-15(12(3)4)10-16(13)9-14;1-7(2)9-6-10(8(3)4)12(5)11-9;2*1-7(2)9-5-6-10(11-9)8(3)4;1-6(2)8-5-9(7(3)4)11-10-8/h2*5-12H,1-4H3;2*5-12H,1-4H3;6-8H,1-5H3;2*5-8H,1-4H3;5-7H,1-4H3,(H,10,11). The van der Waals surface area contributed by atoms with Crippen LogP contribution in [0.15, 0.2) is 187 Å². The van der Waals surface area contributed by atoms with E-state index >= 15 is 0 Å². The molecule has 0 fully saturated rings. The van der Waals surface area contributed by atoms with Gasteiger partial charge in [-0.15, -0.1) is 11.3 Å². The van der Waals surface area contributed by atoms with Crippen LogP contribution in [0.2, 0.25) is 0 Å². The Bertz CT molecular complexity index is 4320. The monoisotopic (exact) mass is 1540 g/mol. The van der Waals surface area contributed by atoms with Crippen LogP contribution in [0, 0.1) is 0 Å². The molecular weight excluding hydrogens is 1400 g/mol. The van der Waals surface area contributed by atoms with E-state index < -0.39 is 0 Å². The number of hydrogen-bond donors (Lipinski definition) is 1. The molecule has 0 aliphatic carbocycles. The zero-order chi connectivity index (χ0) is 84.2. The molecule has 0 atom stereocenters. The molecule has 0 radical (unpaired) electrons. The number of aromatic nitrogens is 8. The fourth-order valence-electron chi connectivity index (χ4n) is 11.9. The average molecular weight is 1540 g/mol. The van der Waals surface area contributed by atoms with Gasteiger partial charge in [0, 0.05) is 64.8 Å². The highest BCUT2D eigenvalue weighted by atomic mass is 32.1. The summed E-state index contributed by atoms with van der Waals surface area (Å²) in [7, 11) is 2.02. The van der Waals surface area contributed by atoms with Gasteiger partial charge in [-0.3, -0.25) is 29.7 Å². The summed E-state index contributed by atoms with van der Waals surface area (Å²) in [5, 5.41) is 17.1. The normalized spacial score (nSPS) is 11.4. The van der Waals surface area contributed by atoms with Crippen molar-refractivity contribution in [2.45, 2.75) is 316 Å². The lowest BCUT2D eigenvalue weighted by Crippen LogP contribution is -1.99. The van der Waals surface area contributed by atoms with Gasteiger partial charge in [-0.2, -0.15) is 10.2 Å². The van der Waals surface area contributed by atoms with Crippen molar-refractivity contribution >= 4 is 32.9 Å². The minimum absolute atomic E-state index is 0.502. The van der Waals surface area contributed by atoms with E-state index in [-0.39, 0.29) is 0 Å². The summed E-state index contributed by atoms with van der Waals surface area (Å²) in [6.45, 7) is 70.3. The predicted molar refractivity (Wildman–Crippen MR) is 493 cm³/mol. The molecular formula is C103H146N8OS. The van der Waals surface area contributed by atoms with Gasteiger partial charge in [0.1, 0.15) is 11.5 Å². The van der Waals surface area contributed by atoms with Gasteiger partial charge in [0.25, 0.3) is 0 Å². The van der Waals surface area contributed by atoms with Crippen molar-refractivity contribution in [3.8, 4) is 22.8 Å². The zero-order valence-electron chi connectivity index (χ0n) is 76.0. The molecule has 10 heteroatoms. The van der Waals surface area contributed by atoms with E-state index in [1.54, 1.807) is 0 Å². The van der Waals surface area contributed by atoms with E-state index in [9.17, 15) is 0 Å². The summed E-state index contributed by atoms with van der Waals surface area (Å²) < 4.78 is 7.59. The molecule has 610 valence electrons. The van der Waals surface area contributed by atoms with Gasteiger partial charge >= 0.3 is 0 Å². The molecule has 0 aliphatic heterocycles. The summed E-state index contributed by atoms with van der Waals surface area (Å²) in [5.74, 6) is 11.2. The lowest BCUT2D eigenvalue weighted by atomic mass is 9.95. The molecule has 0 bridgehead atoms. The Morgan fingerprint density at radius 3 is 0.876 bits per heavy atom. The van der Waals surface area contributed by atoms with Crippen LogP contribution < -0.4 is 0 Å². The van der Waals surface area contributed by atoms with Gasteiger partial charge in [-0.1, -0.05) is 306 Å². The molecule has 0 aliphatic rings. The molecule has 1 N–H and O–H groups in total. The van der Waals surface area contributed by atoms with Crippen molar-refractivity contribution in [1.29, 1.82) is 0 Å². The highest BCUT2D eigenvalue weighted by Crippen LogP contribution is 2.32. The Morgan fingerprint density at radius 1 is 0.274 bits per heavy atom. The van der Waals surface area contributed by atoms with Crippen LogP contribution >= 0.6 is 11.3 Å². The van der Waals surface area contributed by atoms with E-state index in [1.807, 2.05) is 60.0 Å². The first-order valence-electron chi connectivity index (χ1n) is 42.4. The summed E-state index contributed by atoms with van der Waals surface area (Å²) >= 11 is 1.95. The molecule has 0 spiro atoms. The third kappa shape index (κ3) is 30.6. The van der Waals surface area contributed by atoms with Gasteiger partial charge in [-0.05, 0) is 222 Å². The SMILES string of the molecule is CC(C)c1cc(C(C)C)[nH]n1.CC(C)c1cc(C(C)C)n(C)n1.CC(C)c1ccc(-c2ccc(C(C)C)cn2)nc1.CC(C)c1ccc(C(C)C)o1.CC(C)c1ccc(C(C)C)s1.CC(C)c1ccc2cc(C(C)C)ccc2c1.CC(C)c1ccc2ccc(C(C)C)cc2c1.CC(C)c1ccnc(-c2cc(C(C)C)ccn2)c1. The summed E-state index contributed by atoms with van der Waals surface area (Å²) in [5.41, 5.74) is 19.5. The lowest BCUT2D eigenvalue weighted by molar-refractivity contribution is 0.432. The number of hydrogen-bond acceptors (Lipinski definition) is 8. The quantitative estimate of drug-likeness (QED) is 0.0911. The lowest BCUT2D eigenvalue weighted by Gasteiger charge is -2.10. The number of nitrogens with one attached hydrogen (secondary N) is 1. The second-order valence-electron chi connectivity index (χ2n) is 35.5. The Balaban J connectivity index is 0.000000233. The number of nitrogens with zero attached hydrogens (tertiary/aromatic N) is 7. The highest BCUT2D eigenvalue weighted by Gasteiger charge is 2.15. The number of benzene rings is 4. The number of thiophene rings is 1. The summed E-state index contributed by atoms with van der Waals surface area (Å²) in [6.07, 6.45) is 7.62. The number of fused-ring (bicyclic) bond motifs is 2. The minimum atomic E-state index is 0.502. The molecule has 0 unspecified atom stereocenters. The van der Waals surface area contributed by atoms with Crippen molar-refractivity contribution < 1.29 is 4.42 Å². The fourth-order valence-corrected chi connectivity index (χ4v) is 13.0. The number of aryl methyl sites for hydroxylation is 1. The molecule has 9 nitrogen and oxygen atoms in total. The summed E-state index contributed by atoms with van der Waals surface area (Å²) in [4.78, 5) is 20.8. The van der Waals surface area contributed by atoms with E-state index in [0.717, 1.165) is 40.0 Å². The highest BCUT2D eigenvalue weighted by molar-refractivity contribution is 7.12. The van der Waals surface area contributed by atoms with Crippen molar-refractivity contribution in [3.63, 3.8) is 0 Å². The maximum atomic E-state index is 5.61. The Kier molecular flexibility index (Phi) is 38.7. The number of pyridine rings is 4. The second kappa shape index (κ2) is 46.1. The van der Waals surface area contributed by atoms with E-state index in [1.165, 1.54) is 92.9 Å². The van der Waals surface area contributed by atoms with Gasteiger partial charge < -0.3 is 4.42 Å². The number of H-pyrrole nitrogens is 1. The maximum absolute atomic E-state index is 5.61. The predicted octanol–water partition coefficient (Wildman–Crippen LogP) is 31.8. The van der Waals surface area contributed by atoms with Crippen LogP contribution in [0.1, 0.15) is 405 Å². The molecule has 12 aromatic rings. The van der Waals surface area contributed by atoms with Crippen LogP contribution in [0.25, 0.3) is 44.3 Å². The first kappa shape index (κ1) is 95.0. The Morgan fingerprint density at radius 2 is 0.619 bits per heavy atom. The van der Waals surface area contributed by atoms with Crippen molar-refractivity contribution in [2.75, 3.05) is 0 Å². The topological polar surface area (TPSA) is 111 Å². The Labute approximate surface area is 690 Å². The maximum Gasteiger partial charge on any atom is 0.106 e.